The van der Waals surface area contributed by atoms with E-state index in [2.05, 4.69) is 13.0 Å². The molecule has 5 rings (SSSR count). The van der Waals surface area contributed by atoms with Gasteiger partial charge in [-0.25, -0.2) is 4.98 Å². The number of anilines is 1. The Hall–Kier alpha value is -3.69. The van der Waals surface area contributed by atoms with Crippen LogP contribution in [0.25, 0.3) is 10.2 Å². The molecule has 0 radical (unpaired) electrons. The molecule has 7 nitrogen and oxygen atoms in total. The highest BCUT2D eigenvalue weighted by Gasteiger charge is 2.46. The van der Waals surface area contributed by atoms with Crippen LogP contribution in [0.3, 0.4) is 0 Å². The molecule has 0 saturated heterocycles. The maximum absolute atomic E-state index is 13.5. The molecule has 1 unspecified atom stereocenters. The number of amides is 1. The number of methoxy groups -OCH3 is 1. The van der Waals surface area contributed by atoms with Crippen molar-refractivity contribution in [2.24, 2.45) is 0 Å². The second kappa shape index (κ2) is 9.75. The number of aliphatic hydroxyl groups is 1. The van der Waals surface area contributed by atoms with Crippen LogP contribution in [0.4, 0.5) is 5.13 Å². The van der Waals surface area contributed by atoms with Crippen LogP contribution in [0, 0.1) is 0 Å². The highest BCUT2D eigenvalue weighted by Crippen LogP contribution is 2.46. The predicted molar refractivity (Wildman–Crippen MR) is 142 cm³/mol. The first kappa shape index (κ1) is 24.0. The number of hydrogen-bond donors (Lipinski definition) is 1. The Morgan fingerprint density at radius 3 is 2.67 bits per heavy atom. The number of nitrogens with zero attached hydrogens (tertiary/aromatic N) is 2. The lowest BCUT2D eigenvalue weighted by Gasteiger charge is -2.25. The van der Waals surface area contributed by atoms with Crippen molar-refractivity contribution in [2.75, 3.05) is 18.6 Å². The van der Waals surface area contributed by atoms with E-state index >= 15 is 0 Å². The lowest BCUT2D eigenvalue weighted by Crippen LogP contribution is -2.31. The van der Waals surface area contributed by atoms with Gasteiger partial charge in [0, 0.05) is 0 Å². The number of hydrogen-bond acceptors (Lipinski definition) is 8. The standard InChI is InChI=1S/C27H24N2O5S2/c1-4-15-8-10-17-21(13-15)36-27(28-17)29-23(16-9-11-18(34-5-2)19(14-16)33-3)22(25(31)26(29)32)24(30)20-7-6-12-35-20/h6-14,23,31H,4-5H2,1-3H3. The van der Waals surface area contributed by atoms with Crippen LogP contribution in [0.5, 0.6) is 11.5 Å². The highest BCUT2D eigenvalue weighted by atomic mass is 32.1. The third kappa shape index (κ3) is 4.04. The Labute approximate surface area is 216 Å². The lowest BCUT2D eigenvalue weighted by atomic mass is 9.95. The van der Waals surface area contributed by atoms with Gasteiger partial charge in [0.15, 0.2) is 22.4 Å². The molecule has 0 saturated carbocycles. The summed E-state index contributed by atoms with van der Waals surface area (Å²) in [5.41, 5.74) is 2.52. The van der Waals surface area contributed by atoms with Gasteiger partial charge in [-0.2, -0.15) is 0 Å². The number of carbonyl (C=O) groups is 2. The molecule has 0 aliphatic carbocycles. The lowest BCUT2D eigenvalue weighted by molar-refractivity contribution is -0.117. The molecule has 1 amide bonds. The van der Waals surface area contributed by atoms with Gasteiger partial charge in [-0.1, -0.05) is 36.5 Å². The van der Waals surface area contributed by atoms with Gasteiger partial charge in [0.2, 0.25) is 5.78 Å². The van der Waals surface area contributed by atoms with Crippen molar-refractivity contribution in [3.63, 3.8) is 0 Å². The maximum atomic E-state index is 13.5. The van der Waals surface area contributed by atoms with Gasteiger partial charge in [0.1, 0.15) is 0 Å². The Morgan fingerprint density at radius 1 is 1.14 bits per heavy atom. The number of fused-ring (bicyclic) bond motifs is 1. The van der Waals surface area contributed by atoms with Gasteiger partial charge in [-0.15, -0.1) is 11.3 Å². The minimum Gasteiger partial charge on any atom is -0.503 e. The van der Waals surface area contributed by atoms with Crippen molar-refractivity contribution in [1.29, 1.82) is 0 Å². The SMILES string of the molecule is CCOc1ccc(C2C(C(=O)c3cccs3)=C(O)C(=O)N2c2nc3ccc(CC)cc3s2)cc1OC. The molecular formula is C27H24N2O5S2. The van der Waals surface area contributed by atoms with Crippen molar-refractivity contribution >= 4 is 49.7 Å². The van der Waals surface area contributed by atoms with Gasteiger partial charge >= 0.3 is 0 Å². The summed E-state index contributed by atoms with van der Waals surface area (Å²) in [7, 11) is 1.53. The summed E-state index contributed by atoms with van der Waals surface area (Å²) in [6.07, 6.45) is 0.877. The van der Waals surface area contributed by atoms with Gasteiger partial charge in [0.25, 0.3) is 5.91 Å². The van der Waals surface area contributed by atoms with E-state index in [-0.39, 0.29) is 5.57 Å². The van der Waals surface area contributed by atoms with E-state index in [1.54, 1.807) is 35.7 Å². The topological polar surface area (TPSA) is 89.0 Å². The van der Waals surface area contributed by atoms with Crippen LogP contribution in [-0.4, -0.2) is 35.5 Å². The molecule has 9 heteroatoms. The number of benzene rings is 2. The molecule has 1 aliphatic rings. The van der Waals surface area contributed by atoms with E-state index in [1.807, 2.05) is 19.1 Å². The molecule has 3 heterocycles. The van der Waals surface area contributed by atoms with Crippen LogP contribution in [-0.2, 0) is 11.2 Å². The van der Waals surface area contributed by atoms with E-state index in [4.69, 9.17) is 14.5 Å². The minimum absolute atomic E-state index is 0.0159. The van der Waals surface area contributed by atoms with Crippen LogP contribution < -0.4 is 14.4 Å². The number of aromatic nitrogens is 1. The van der Waals surface area contributed by atoms with E-state index in [9.17, 15) is 14.7 Å². The summed E-state index contributed by atoms with van der Waals surface area (Å²) in [5.74, 6) is -0.619. The first-order valence-corrected chi connectivity index (χ1v) is 13.2. The van der Waals surface area contributed by atoms with Crippen LogP contribution in [0.15, 0.2) is 65.2 Å². The number of Topliss-reactive ketones (excluding diaryl/α,β-unsaturated/α-hetero) is 1. The fourth-order valence-electron chi connectivity index (χ4n) is 4.30. The molecule has 4 aromatic rings. The Morgan fingerprint density at radius 2 is 1.97 bits per heavy atom. The second-order valence-corrected chi connectivity index (χ2v) is 10.1. The molecule has 36 heavy (non-hydrogen) atoms. The number of aliphatic hydroxyl groups excluding tert-OH is 1. The van der Waals surface area contributed by atoms with E-state index in [0.29, 0.717) is 33.7 Å². The third-order valence-electron chi connectivity index (χ3n) is 6.06. The van der Waals surface area contributed by atoms with Gasteiger partial charge in [-0.3, -0.25) is 14.5 Å². The van der Waals surface area contributed by atoms with Crippen molar-refractivity contribution < 1.29 is 24.2 Å². The zero-order valence-electron chi connectivity index (χ0n) is 20.0. The summed E-state index contributed by atoms with van der Waals surface area (Å²) in [5, 5.41) is 13.2. The molecule has 2 aromatic carbocycles. The Kier molecular flexibility index (Phi) is 6.51. The maximum Gasteiger partial charge on any atom is 0.296 e. The van der Waals surface area contributed by atoms with Crippen molar-refractivity contribution in [3.05, 3.63) is 81.2 Å². The number of ether oxygens (including phenoxy) is 2. The molecule has 0 bridgehead atoms. The molecule has 1 N–H and O–H groups in total. The molecule has 0 fully saturated rings. The molecule has 1 aliphatic heterocycles. The summed E-state index contributed by atoms with van der Waals surface area (Å²) >= 11 is 2.61. The quantitative estimate of drug-likeness (QED) is 0.282. The summed E-state index contributed by atoms with van der Waals surface area (Å²) in [4.78, 5) is 33.6. The average Bonchev–Trinajstić information content (AvgIpc) is 3.62. The van der Waals surface area contributed by atoms with Crippen molar-refractivity contribution in [3.8, 4) is 11.5 Å². The summed E-state index contributed by atoms with van der Waals surface area (Å²) < 4.78 is 12.1. The van der Waals surface area contributed by atoms with E-state index < -0.39 is 23.5 Å². The Balaban J connectivity index is 1.68. The monoisotopic (exact) mass is 520 g/mol. The predicted octanol–water partition coefficient (Wildman–Crippen LogP) is 6.11. The number of carbonyl (C=O) groups excluding carboxylic acids is 2. The van der Waals surface area contributed by atoms with E-state index in [0.717, 1.165) is 22.2 Å². The first-order valence-electron chi connectivity index (χ1n) is 11.5. The zero-order valence-corrected chi connectivity index (χ0v) is 21.6. The minimum atomic E-state index is -0.886. The largest absolute Gasteiger partial charge is 0.503 e. The van der Waals surface area contributed by atoms with Crippen molar-refractivity contribution in [2.45, 2.75) is 26.3 Å². The number of thiazole rings is 1. The molecule has 0 spiro atoms. The Bertz CT molecular complexity index is 1490. The third-order valence-corrected chi connectivity index (χ3v) is 7.94. The number of rotatable bonds is 8. The van der Waals surface area contributed by atoms with Gasteiger partial charge in [0.05, 0.1) is 40.4 Å². The summed E-state index contributed by atoms with van der Waals surface area (Å²) in [6, 6.07) is 13.8. The molecule has 1 atom stereocenters. The van der Waals surface area contributed by atoms with Crippen LogP contribution >= 0.6 is 22.7 Å². The van der Waals surface area contributed by atoms with Crippen LogP contribution in [0.1, 0.15) is 40.7 Å². The fourth-order valence-corrected chi connectivity index (χ4v) is 6.03. The van der Waals surface area contributed by atoms with Crippen molar-refractivity contribution in [1.82, 2.24) is 4.98 Å². The number of aryl methyl sites for hydroxylation is 1. The normalized spacial score (nSPS) is 15.7. The van der Waals surface area contributed by atoms with Gasteiger partial charge in [-0.05, 0) is 60.2 Å². The molecule has 184 valence electrons. The van der Waals surface area contributed by atoms with Gasteiger partial charge < -0.3 is 14.6 Å². The highest BCUT2D eigenvalue weighted by molar-refractivity contribution is 7.22. The van der Waals surface area contributed by atoms with E-state index in [1.165, 1.54) is 34.7 Å². The number of ketones is 1. The zero-order chi connectivity index (χ0) is 25.4. The van der Waals surface area contributed by atoms with Crippen LogP contribution in [0.2, 0.25) is 0 Å². The average molecular weight is 521 g/mol. The fraction of sp³-hybridized carbons (Fsp3) is 0.222. The molecular weight excluding hydrogens is 496 g/mol. The second-order valence-electron chi connectivity index (χ2n) is 8.14. The summed E-state index contributed by atoms with van der Waals surface area (Å²) in [6.45, 7) is 4.41. The number of thiophene rings is 1. The first-order chi connectivity index (χ1) is 17.5. The molecule has 2 aromatic heterocycles. The smallest absolute Gasteiger partial charge is 0.296 e.